The predicted molar refractivity (Wildman–Crippen MR) is 69.4 cm³/mol. The summed E-state index contributed by atoms with van der Waals surface area (Å²) < 4.78 is 0. The predicted octanol–water partition coefficient (Wildman–Crippen LogP) is 1.93. The molecule has 1 aliphatic heterocycles. The zero-order chi connectivity index (χ0) is 13.8. The summed E-state index contributed by atoms with van der Waals surface area (Å²) in [6.45, 7) is 7.42. The van der Waals surface area contributed by atoms with Crippen molar-refractivity contribution in [1.29, 1.82) is 0 Å². The second-order valence-corrected chi connectivity index (χ2v) is 5.54. The molecule has 0 spiro atoms. The average Bonchev–Trinajstić information content (AvgIpc) is 2.35. The van der Waals surface area contributed by atoms with Crippen LogP contribution in [0.1, 0.15) is 40.0 Å². The van der Waals surface area contributed by atoms with Gasteiger partial charge in [0.2, 0.25) is 0 Å². The fraction of sp³-hybridized carbons (Fsp3) is 0.846. The van der Waals surface area contributed by atoms with Gasteiger partial charge in [-0.3, -0.25) is 4.79 Å². The van der Waals surface area contributed by atoms with Crippen LogP contribution in [0.5, 0.6) is 0 Å². The van der Waals surface area contributed by atoms with Gasteiger partial charge in [-0.05, 0) is 39.0 Å². The summed E-state index contributed by atoms with van der Waals surface area (Å²) in [7, 11) is 0. The van der Waals surface area contributed by atoms with Crippen molar-refractivity contribution in [3.63, 3.8) is 0 Å². The number of amides is 2. The molecule has 1 rings (SSSR count). The van der Waals surface area contributed by atoms with Gasteiger partial charge in [0.15, 0.2) is 0 Å². The standard InChI is InChI=1S/C13H24N2O3/c1-4-7-14-12(18)15-8-5-6-10(9-15)13(2,3)11(16)17/h10H,4-9H2,1-3H3,(H,14,18)(H,16,17). The second kappa shape index (κ2) is 6.07. The first-order chi connectivity index (χ1) is 8.39. The van der Waals surface area contributed by atoms with Crippen molar-refractivity contribution in [2.75, 3.05) is 19.6 Å². The number of carbonyl (C=O) groups excluding carboxylic acids is 1. The van der Waals surface area contributed by atoms with Crippen LogP contribution < -0.4 is 5.32 Å². The Kier molecular flexibility index (Phi) is 4.99. The van der Waals surface area contributed by atoms with E-state index in [2.05, 4.69) is 5.32 Å². The summed E-state index contributed by atoms with van der Waals surface area (Å²) in [6, 6.07) is -0.0669. The molecule has 0 bridgehead atoms. The molecule has 1 unspecified atom stereocenters. The number of nitrogens with one attached hydrogen (secondary N) is 1. The van der Waals surface area contributed by atoms with Crippen molar-refractivity contribution >= 4 is 12.0 Å². The van der Waals surface area contributed by atoms with E-state index in [4.69, 9.17) is 0 Å². The summed E-state index contributed by atoms with van der Waals surface area (Å²) in [4.78, 5) is 24.9. The van der Waals surface area contributed by atoms with E-state index in [1.165, 1.54) is 0 Å². The highest BCUT2D eigenvalue weighted by Gasteiger charge is 2.39. The lowest BCUT2D eigenvalue weighted by molar-refractivity contribution is -0.151. The van der Waals surface area contributed by atoms with Crippen LogP contribution in [0.15, 0.2) is 0 Å². The largest absolute Gasteiger partial charge is 0.481 e. The molecule has 104 valence electrons. The van der Waals surface area contributed by atoms with Gasteiger partial charge in [0.05, 0.1) is 5.41 Å². The Morgan fingerprint density at radius 3 is 2.67 bits per heavy atom. The lowest BCUT2D eigenvalue weighted by Gasteiger charge is -2.39. The number of nitrogens with zero attached hydrogens (tertiary/aromatic N) is 1. The van der Waals surface area contributed by atoms with Crippen LogP contribution in [0, 0.1) is 11.3 Å². The normalized spacial score (nSPS) is 20.6. The van der Waals surface area contributed by atoms with Crippen molar-refractivity contribution in [3.05, 3.63) is 0 Å². The minimum Gasteiger partial charge on any atom is -0.481 e. The molecular formula is C13H24N2O3. The Labute approximate surface area is 109 Å². The summed E-state index contributed by atoms with van der Waals surface area (Å²) in [5.74, 6) is -0.764. The van der Waals surface area contributed by atoms with Gasteiger partial charge in [0.25, 0.3) is 0 Å². The number of urea groups is 1. The number of piperidine rings is 1. The number of aliphatic carboxylic acids is 1. The van der Waals surface area contributed by atoms with E-state index in [0.29, 0.717) is 13.1 Å². The van der Waals surface area contributed by atoms with Crippen LogP contribution in [0.3, 0.4) is 0 Å². The number of hydrogen-bond donors (Lipinski definition) is 2. The van der Waals surface area contributed by atoms with Gasteiger partial charge in [-0.1, -0.05) is 6.92 Å². The molecule has 1 heterocycles. The van der Waals surface area contributed by atoms with Gasteiger partial charge in [0, 0.05) is 19.6 Å². The highest BCUT2D eigenvalue weighted by Crippen LogP contribution is 2.34. The highest BCUT2D eigenvalue weighted by molar-refractivity contribution is 5.76. The lowest BCUT2D eigenvalue weighted by Crippen LogP contribution is -2.50. The average molecular weight is 256 g/mol. The van der Waals surface area contributed by atoms with Gasteiger partial charge < -0.3 is 15.3 Å². The fourth-order valence-electron chi connectivity index (χ4n) is 2.27. The maximum Gasteiger partial charge on any atom is 0.317 e. The van der Waals surface area contributed by atoms with Gasteiger partial charge in [-0.2, -0.15) is 0 Å². The molecule has 18 heavy (non-hydrogen) atoms. The number of hydrogen-bond acceptors (Lipinski definition) is 2. The molecule has 0 saturated carbocycles. The second-order valence-electron chi connectivity index (χ2n) is 5.54. The number of carbonyl (C=O) groups is 2. The summed E-state index contributed by atoms with van der Waals surface area (Å²) in [6.07, 6.45) is 2.65. The van der Waals surface area contributed by atoms with Crippen LogP contribution in [-0.2, 0) is 4.79 Å². The van der Waals surface area contributed by atoms with Crippen molar-refractivity contribution in [2.24, 2.45) is 11.3 Å². The Morgan fingerprint density at radius 1 is 1.44 bits per heavy atom. The third kappa shape index (κ3) is 3.37. The zero-order valence-corrected chi connectivity index (χ0v) is 11.5. The molecule has 1 atom stereocenters. The molecule has 0 aromatic carbocycles. The van der Waals surface area contributed by atoms with Crippen molar-refractivity contribution < 1.29 is 14.7 Å². The first-order valence-corrected chi connectivity index (χ1v) is 6.65. The maximum absolute atomic E-state index is 11.9. The minimum absolute atomic E-state index is 0.0242. The van der Waals surface area contributed by atoms with Crippen molar-refractivity contribution in [1.82, 2.24) is 10.2 Å². The van der Waals surface area contributed by atoms with Gasteiger partial charge >= 0.3 is 12.0 Å². The van der Waals surface area contributed by atoms with Crippen molar-refractivity contribution in [2.45, 2.75) is 40.0 Å². The Hall–Kier alpha value is -1.26. The number of likely N-dealkylation sites (tertiary alicyclic amines) is 1. The number of carboxylic acids is 1. The Morgan fingerprint density at radius 2 is 2.11 bits per heavy atom. The molecule has 0 radical (unpaired) electrons. The maximum atomic E-state index is 11.9. The zero-order valence-electron chi connectivity index (χ0n) is 11.5. The molecular weight excluding hydrogens is 232 g/mol. The van der Waals surface area contributed by atoms with Crippen molar-refractivity contribution in [3.8, 4) is 0 Å². The van der Waals surface area contributed by atoms with Crippen LogP contribution in [-0.4, -0.2) is 41.6 Å². The van der Waals surface area contributed by atoms with Gasteiger partial charge in [-0.25, -0.2) is 4.79 Å². The van der Waals surface area contributed by atoms with E-state index in [0.717, 1.165) is 25.8 Å². The van der Waals surface area contributed by atoms with Crippen LogP contribution in [0.4, 0.5) is 4.79 Å². The minimum atomic E-state index is -0.789. The third-order valence-electron chi connectivity index (χ3n) is 3.81. The van der Waals surface area contributed by atoms with E-state index in [9.17, 15) is 14.7 Å². The number of carboxylic acid groups (broad SMARTS) is 1. The van der Waals surface area contributed by atoms with E-state index < -0.39 is 11.4 Å². The van der Waals surface area contributed by atoms with E-state index >= 15 is 0 Å². The quantitative estimate of drug-likeness (QED) is 0.807. The molecule has 2 N–H and O–H groups in total. The summed E-state index contributed by atoms with van der Waals surface area (Å²) >= 11 is 0. The molecule has 5 heteroatoms. The molecule has 0 aromatic heterocycles. The SMILES string of the molecule is CCCNC(=O)N1CCCC(C(C)(C)C(=O)O)C1. The molecule has 1 saturated heterocycles. The molecule has 2 amide bonds. The molecule has 1 aliphatic rings. The van der Waals surface area contributed by atoms with Gasteiger partial charge in [0.1, 0.15) is 0 Å². The first kappa shape index (κ1) is 14.8. The molecule has 0 aliphatic carbocycles. The van der Waals surface area contributed by atoms with E-state index in [1.54, 1.807) is 18.7 Å². The smallest absolute Gasteiger partial charge is 0.317 e. The molecule has 1 fully saturated rings. The van der Waals surface area contributed by atoms with Crippen LogP contribution >= 0.6 is 0 Å². The molecule has 0 aromatic rings. The third-order valence-corrected chi connectivity index (χ3v) is 3.81. The van der Waals surface area contributed by atoms with Crippen LogP contribution in [0.25, 0.3) is 0 Å². The Bertz CT molecular complexity index is 315. The summed E-state index contributed by atoms with van der Waals surface area (Å²) in [5, 5.41) is 12.1. The van der Waals surface area contributed by atoms with Crippen LogP contribution in [0.2, 0.25) is 0 Å². The lowest BCUT2D eigenvalue weighted by atomic mass is 9.74. The van der Waals surface area contributed by atoms with Gasteiger partial charge in [-0.15, -0.1) is 0 Å². The number of rotatable bonds is 4. The first-order valence-electron chi connectivity index (χ1n) is 6.65. The fourth-order valence-corrected chi connectivity index (χ4v) is 2.27. The topological polar surface area (TPSA) is 69.6 Å². The molecule has 5 nitrogen and oxygen atoms in total. The Balaban J connectivity index is 2.61. The highest BCUT2D eigenvalue weighted by atomic mass is 16.4. The van der Waals surface area contributed by atoms with E-state index in [1.807, 2.05) is 6.92 Å². The monoisotopic (exact) mass is 256 g/mol. The van der Waals surface area contributed by atoms with E-state index in [-0.39, 0.29) is 11.9 Å². The summed E-state index contributed by atoms with van der Waals surface area (Å²) in [5.41, 5.74) is -0.774.